The van der Waals surface area contributed by atoms with Crippen molar-refractivity contribution in [2.45, 2.75) is 6.36 Å². The van der Waals surface area contributed by atoms with Gasteiger partial charge in [0.25, 0.3) is 0 Å². The molecular formula is C10H10F3NO3. The minimum atomic E-state index is -4.93. The standard InChI is InChI=1S/C10H10F3NO3/c1-14(2)9(7-4-3-5-16-7)8(6-15)17-10(11,12)13/h3-6H,1-2H3. The Hall–Kier alpha value is -1.92. The van der Waals surface area contributed by atoms with Crippen molar-refractivity contribution in [3.05, 3.63) is 29.9 Å². The third-order valence-electron chi connectivity index (χ3n) is 1.77. The molecule has 17 heavy (non-hydrogen) atoms. The number of rotatable bonds is 4. The Bertz CT molecular complexity index is 407. The Morgan fingerprint density at radius 3 is 2.47 bits per heavy atom. The van der Waals surface area contributed by atoms with Gasteiger partial charge in [-0.05, 0) is 12.1 Å². The smallest absolute Gasteiger partial charge is 0.463 e. The Morgan fingerprint density at radius 2 is 2.12 bits per heavy atom. The third kappa shape index (κ3) is 3.54. The Kier molecular flexibility index (Phi) is 3.82. The van der Waals surface area contributed by atoms with E-state index in [9.17, 15) is 18.0 Å². The molecule has 0 aromatic carbocycles. The molecule has 0 amide bonds. The van der Waals surface area contributed by atoms with Gasteiger partial charge in [-0.25, -0.2) is 0 Å². The molecule has 0 bridgehead atoms. The predicted octanol–water partition coefficient (Wildman–Crippen LogP) is 2.25. The van der Waals surface area contributed by atoms with Crippen molar-refractivity contribution in [3.63, 3.8) is 0 Å². The summed E-state index contributed by atoms with van der Waals surface area (Å²) in [5.74, 6) is -0.737. The highest BCUT2D eigenvalue weighted by atomic mass is 19.4. The van der Waals surface area contributed by atoms with Gasteiger partial charge in [-0.2, -0.15) is 0 Å². The lowest BCUT2D eigenvalue weighted by molar-refractivity contribution is -0.303. The molecule has 1 aromatic heterocycles. The van der Waals surface area contributed by atoms with Gasteiger partial charge < -0.3 is 14.1 Å². The van der Waals surface area contributed by atoms with Crippen molar-refractivity contribution in [3.8, 4) is 0 Å². The molecule has 0 saturated heterocycles. The SMILES string of the molecule is CN(C)C(=C(C=O)OC(F)(F)F)c1ccco1. The zero-order chi connectivity index (χ0) is 13.1. The number of halogens is 3. The molecular weight excluding hydrogens is 239 g/mol. The van der Waals surface area contributed by atoms with E-state index in [-0.39, 0.29) is 17.7 Å². The summed E-state index contributed by atoms with van der Waals surface area (Å²) in [6.07, 6.45) is -3.65. The van der Waals surface area contributed by atoms with E-state index in [0.717, 1.165) is 0 Å². The maximum atomic E-state index is 12.1. The molecule has 0 aliphatic rings. The van der Waals surface area contributed by atoms with Crippen LogP contribution in [0.3, 0.4) is 0 Å². The van der Waals surface area contributed by atoms with Gasteiger partial charge in [0.15, 0.2) is 17.8 Å². The van der Waals surface area contributed by atoms with E-state index in [4.69, 9.17) is 4.42 Å². The lowest BCUT2D eigenvalue weighted by Gasteiger charge is -2.18. The van der Waals surface area contributed by atoms with Gasteiger partial charge in [0.2, 0.25) is 0 Å². The van der Waals surface area contributed by atoms with Gasteiger partial charge in [0.05, 0.1) is 6.26 Å². The number of alkyl halides is 3. The second-order valence-electron chi connectivity index (χ2n) is 3.25. The quantitative estimate of drug-likeness (QED) is 0.466. The van der Waals surface area contributed by atoms with E-state index in [2.05, 4.69) is 4.74 Å². The summed E-state index contributed by atoms with van der Waals surface area (Å²) in [6.45, 7) is 0. The molecule has 0 aliphatic carbocycles. The molecule has 0 atom stereocenters. The zero-order valence-corrected chi connectivity index (χ0v) is 9.12. The highest BCUT2D eigenvalue weighted by Gasteiger charge is 2.34. The summed E-state index contributed by atoms with van der Waals surface area (Å²) >= 11 is 0. The first-order valence-electron chi connectivity index (χ1n) is 4.51. The monoisotopic (exact) mass is 249 g/mol. The van der Waals surface area contributed by atoms with Gasteiger partial charge in [-0.3, -0.25) is 4.79 Å². The Morgan fingerprint density at radius 1 is 1.47 bits per heavy atom. The largest absolute Gasteiger partial charge is 0.573 e. The van der Waals surface area contributed by atoms with Crippen molar-refractivity contribution in [1.82, 2.24) is 4.90 Å². The van der Waals surface area contributed by atoms with Crippen molar-refractivity contribution in [1.29, 1.82) is 0 Å². The summed E-state index contributed by atoms with van der Waals surface area (Å²) in [7, 11) is 2.95. The summed E-state index contributed by atoms with van der Waals surface area (Å²) < 4.78 is 44.9. The van der Waals surface area contributed by atoms with E-state index in [1.54, 1.807) is 0 Å². The zero-order valence-electron chi connectivity index (χ0n) is 9.12. The Labute approximate surface area is 95.3 Å². The minimum absolute atomic E-state index is 0.00859. The Balaban J connectivity index is 3.21. The van der Waals surface area contributed by atoms with Gasteiger partial charge in [0, 0.05) is 14.1 Å². The second kappa shape index (κ2) is 4.94. The molecule has 7 heteroatoms. The number of carbonyl (C=O) groups excluding carboxylic acids is 1. The number of carbonyl (C=O) groups is 1. The first kappa shape index (κ1) is 13.1. The van der Waals surface area contributed by atoms with Crippen LogP contribution < -0.4 is 0 Å². The molecule has 0 aliphatic heterocycles. The number of aldehydes is 1. The van der Waals surface area contributed by atoms with E-state index in [1.807, 2.05) is 0 Å². The molecule has 94 valence electrons. The van der Waals surface area contributed by atoms with Crippen LogP contribution in [0.1, 0.15) is 5.76 Å². The average molecular weight is 249 g/mol. The fourth-order valence-electron chi connectivity index (χ4n) is 1.23. The van der Waals surface area contributed by atoms with Crippen molar-refractivity contribution < 1.29 is 27.1 Å². The normalized spacial score (nSPS) is 13.0. The molecule has 0 saturated carbocycles. The predicted molar refractivity (Wildman–Crippen MR) is 52.5 cm³/mol. The van der Waals surface area contributed by atoms with Crippen LogP contribution in [0.4, 0.5) is 13.2 Å². The van der Waals surface area contributed by atoms with Crippen LogP contribution in [0, 0.1) is 0 Å². The molecule has 1 rings (SSSR count). The van der Waals surface area contributed by atoms with Crippen LogP contribution in [-0.4, -0.2) is 31.6 Å². The average Bonchev–Trinajstić information content (AvgIpc) is 2.67. The molecule has 0 unspecified atom stereocenters. The fraction of sp³-hybridized carbons (Fsp3) is 0.300. The van der Waals surface area contributed by atoms with Crippen LogP contribution in [0.2, 0.25) is 0 Å². The number of ether oxygens (including phenoxy) is 1. The van der Waals surface area contributed by atoms with Crippen LogP contribution in [0.25, 0.3) is 5.70 Å². The van der Waals surface area contributed by atoms with Gasteiger partial charge in [-0.15, -0.1) is 13.2 Å². The second-order valence-corrected chi connectivity index (χ2v) is 3.25. The maximum absolute atomic E-state index is 12.1. The molecule has 0 spiro atoms. The first-order valence-corrected chi connectivity index (χ1v) is 4.51. The number of hydrogen-bond acceptors (Lipinski definition) is 4. The van der Waals surface area contributed by atoms with Crippen molar-refractivity contribution >= 4 is 12.0 Å². The van der Waals surface area contributed by atoms with Crippen LogP contribution in [0.15, 0.2) is 28.6 Å². The number of hydrogen-bond donors (Lipinski definition) is 0. The van der Waals surface area contributed by atoms with Gasteiger partial charge in [0.1, 0.15) is 5.70 Å². The van der Waals surface area contributed by atoms with E-state index in [0.29, 0.717) is 0 Å². The van der Waals surface area contributed by atoms with Gasteiger partial charge in [-0.1, -0.05) is 0 Å². The van der Waals surface area contributed by atoms with Crippen molar-refractivity contribution in [2.24, 2.45) is 0 Å². The highest BCUT2D eigenvalue weighted by molar-refractivity contribution is 5.83. The first-order chi connectivity index (χ1) is 7.85. The lowest BCUT2D eigenvalue weighted by atomic mass is 10.2. The molecule has 4 nitrogen and oxygen atoms in total. The van der Waals surface area contributed by atoms with Crippen molar-refractivity contribution in [2.75, 3.05) is 14.1 Å². The summed E-state index contributed by atoms with van der Waals surface area (Å²) in [6, 6.07) is 2.92. The molecule has 1 heterocycles. The third-order valence-corrected chi connectivity index (χ3v) is 1.77. The van der Waals surface area contributed by atoms with E-state index in [1.165, 1.54) is 37.4 Å². The van der Waals surface area contributed by atoms with E-state index >= 15 is 0 Å². The molecule has 1 aromatic rings. The number of allylic oxidation sites excluding steroid dienone is 1. The van der Waals surface area contributed by atoms with Crippen LogP contribution in [-0.2, 0) is 9.53 Å². The number of furan rings is 1. The molecule has 0 fully saturated rings. The highest BCUT2D eigenvalue weighted by Crippen LogP contribution is 2.27. The molecule has 0 N–H and O–H groups in total. The number of nitrogens with zero attached hydrogens (tertiary/aromatic N) is 1. The summed E-state index contributed by atoms with van der Waals surface area (Å²) in [5, 5.41) is 0. The molecule has 0 radical (unpaired) electrons. The summed E-state index contributed by atoms with van der Waals surface area (Å²) in [5.41, 5.74) is -0.0812. The maximum Gasteiger partial charge on any atom is 0.573 e. The van der Waals surface area contributed by atoms with Crippen LogP contribution in [0.5, 0.6) is 0 Å². The topological polar surface area (TPSA) is 42.7 Å². The summed E-state index contributed by atoms with van der Waals surface area (Å²) in [4.78, 5) is 12.0. The minimum Gasteiger partial charge on any atom is -0.463 e. The fourth-order valence-corrected chi connectivity index (χ4v) is 1.23. The van der Waals surface area contributed by atoms with Crippen LogP contribution >= 0.6 is 0 Å². The van der Waals surface area contributed by atoms with E-state index < -0.39 is 12.1 Å². The lowest BCUT2D eigenvalue weighted by Crippen LogP contribution is -2.19. The van der Waals surface area contributed by atoms with Gasteiger partial charge >= 0.3 is 6.36 Å².